The van der Waals surface area contributed by atoms with Crippen molar-refractivity contribution in [3.63, 3.8) is 0 Å². The molecule has 0 heterocycles. The molecule has 1 aromatic rings. The molecule has 2 rings (SSSR count). The number of halogens is 1. The molecular formula is C18H29FN2. The Labute approximate surface area is 128 Å². The summed E-state index contributed by atoms with van der Waals surface area (Å²) in [6, 6.07) is 7.12. The normalized spacial score (nSPS) is 18.1. The second kappa shape index (κ2) is 7.90. The van der Waals surface area contributed by atoms with Gasteiger partial charge in [0.15, 0.2) is 0 Å². The van der Waals surface area contributed by atoms with Crippen LogP contribution in [-0.2, 0) is 6.54 Å². The van der Waals surface area contributed by atoms with Crippen LogP contribution in [-0.4, -0.2) is 31.6 Å². The Bertz CT molecular complexity index is 427. The van der Waals surface area contributed by atoms with Crippen LogP contribution in [0.15, 0.2) is 24.3 Å². The monoisotopic (exact) mass is 292 g/mol. The molecule has 1 aliphatic rings. The maximum absolute atomic E-state index is 13.8. The van der Waals surface area contributed by atoms with Crippen molar-refractivity contribution in [1.29, 1.82) is 0 Å². The van der Waals surface area contributed by atoms with Crippen molar-refractivity contribution in [3.8, 4) is 0 Å². The van der Waals surface area contributed by atoms with Gasteiger partial charge in [0.2, 0.25) is 0 Å². The fraction of sp³-hybridized carbons (Fsp3) is 0.667. The minimum atomic E-state index is -0.0891. The van der Waals surface area contributed by atoms with E-state index in [2.05, 4.69) is 24.2 Å². The summed E-state index contributed by atoms with van der Waals surface area (Å²) in [5, 5.41) is 3.54. The zero-order chi connectivity index (χ0) is 15.1. The maximum Gasteiger partial charge on any atom is 0.127 e. The molecule has 3 heteroatoms. The zero-order valence-electron chi connectivity index (χ0n) is 13.5. The average molecular weight is 292 g/mol. The van der Waals surface area contributed by atoms with E-state index in [1.807, 2.05) is 12.1 Å². The molecule has 1 saturated carbocycles. The van der Waals surface area contributed by atoms with Gasteiger partial charge in [-0.2, -0.15) is 0 Å². The highest BCUT2D eigenvalue weighted by Gasteiger charge is 2.32. The third-order valence-corrected chi connectivity index (χ3v) is 4.67. The number of hydrogen-bond acceptors (Lipinski definition) is 2. The van der Waals surface area contributed by atoms with E-state index in [-0.39, 0.29) is 5.82 Å². The zero-order valence-corrected chi connectivity index (χ0v) is 13.5. The van der Waals surface area contributed by atoms with E-state index in [0.29, 0.717) is 12.0 Å². The fourth-order valence-electron chi connectivity index (χ4n) is 3.63. The highest BCUT2D eigenvalue weighted by Crippen LogP contribution is 2.36. The van der Waals surface area contributed by atoms with Crippen LogP contribution in [0.25, 0.3) is 0 Å². The number of nitrogens with zero attached hydrogens (tertiary/aromatic N) is 1. The second-order valence-corrected chi connectivity index (χ2v) is 6.60. The minimum absolute atomic E-state index is 0.0891. The number of hydrogen-bond donors (Lipinski definition) is 1. The van der Waals surface area contributed by atoms with Crippen LogP contribution in [0.2, 0.25) is 0 Å². The van der Waals surface area contributed by atoms with Crippen LogP contribution in [0.1, 0.15) is 44.6 Å². The Morgan fingerprint density at radius 3 is 2.57 bits per heavy atom. The van der Waals surface area contributed by atoms with Gasteiger partial charge in [0.25, 0.3) is 0 Å². The van der Waals surface area contributed by atoms with Gasteiger partial charge in [-0.3, -0.25) is 0 Å². The summed E-state index contributed by atoms with van der Waals surface area (Å²) in [4.78, 5) is 2.29. The summed E-state index contributed by atoms with van der Waals surface area (Å²) in [6.45, 7) is 6.03. The third kappa shape index (κ3) is 4.79. The Morgan fingerprint density at radius 2 is 1.90 bits per heavy atom. The van der Waals surface area contributed by atoms with Gasteiger partial charge >= 0.3 is 0 Å². The lowest BCUT2D eigenvalue weighted by atomic mass is 9.73. The average Bonchev–Trinajstić information content (AvgIpc) is 2.48. The van der Waals surface area contributed by atoms with E-state index in [1.54, 1.807) is 12.1 Å². The van der Waals surface area contributed by atoms with E-state index in [0.717, 1.165) is 25.2 Å². The van der Waals surface area contributed by atoms with Crippen LogP contribution in [0.5, 0.6) is 0 Å². The highest BCUT2D eigenvalue weighted by molar-refractivity contribution is 5.17. The number of benzene rings is 1. The lowest BCUT2D eigenvalue weighted by Gasteiger charge is -2.40. The van der Waals surface area contributed by atoms with Crippen LogP contribution < -0.4 is 5.32 Å². The topological polar surface area (TPSA) is 15.3 Å². The van der Waals surface area contributed by atoms with Crippen LogP contribution in [0, 0.1) is 11.2 Å². The summed E-state index contributed by atoms with van der Waals surface area (Å²) in [5.74, 6) is -0.0891. The smallest absolute Gasteiger partial charge is 0.127 e. The van der Waals surface area contributed by atoms with Crippen molar-refractivity contribution >= 4 is 0 Å². The first-order chi connectivity index (χ1) is 10.2. The number of rotatable bonds is 7. The highest BCUT2D eigenvalue weighted by atomic mass is 19.1. The first kappa shape index (κ1) is 16.4. The summed E-state index contributed by atoms with van der Waals surface area (Å²) in [5.41, 5.74) is 1.17. The minimum Gasteiger partial charge on any atom is -0.316 e. The van der Waals surface area contributed by atoms with Crippen molar-refractivity contribution in [2.75, 3.05) is 26.7 Å². The molecule has 0 saturated heterocycles. The Hall–Kier alpha value is -0.930. The van der Waals surface area contributed by atoms with E-state index in [9.17, 15) is 4.39 Å². The summed E-state index contributed by atoms with van der Waals surface area (Å²) in [6.07, 6.45) is 6.62. The van der Waals surface area contributed by atoms with Crippen LogP contribution in [0.4, 0.5) is 4.39 Å². The Balaban J connectivity index is 1.97. The number of nitrogens with one attached hydrogen (secondary N) is 1. The molecule has 21 heavy (non-hydrogen) atoms. The fourth-order valence-corrected chi connectivity index (χ4v) is 3.63. The molecule has 1 aromatic carbocycles. The van der Waals surface area contributed by atoms with Gasteiger partial charge in [-0.15, -0.1) is 0 Å². The Kier molecular flexibility index (Phi) is 6.19. The van der Waals surface area contributed by atoms with Crippen molar-refractivity contribution in [3.05, 3.63) is 35.6 Å². The molecule has 0 aromatic heterocycles. The molecule has 0 spiro atoms. The van der Waals surface area contributed by atoms with Crippen LogP contribution in [0.3, 0.4) is 0 Å². The molecule has 1 fully saturated rings. The first-order valence-electron chi connectivity index (χ1n) is 8.28. The molecule has 2 nitrogen and oxygen atoms in total. The summed E-state index contributed by atoms with van der Waals surface area (Å²) < 4.78 is 13.8. The molecule has 0 bridgehead atoms. The van der Waals surface area contributed by atoms with Gasteiger partial charge in [-0.25, -0.2) is 4.39 Å². The first-order valence-corrected chi connectivity index (χ1v) is 8.28. The van der Waals surface area contributed by atoms with Gasteiger partial charge in [0.05, 0.1) is 0 Å². The van der Waals surface area contributed by atoms with Crippen molar-refractivity contribution in [2.24, 2.45) is 5.41 Å². The molecular weight excluding hydrogens is 263 g/mol. The lowest BCUT2D eigenvalue weighted by molar-refractivity contribution is 0.114. The molecule has 1 N–H and O–H groups in total. The molecule has 118 valence electrons. The van der Waals surface area contributed by atoms with Gasteiger partial charge in [0, 0.05) is 25.2 Å². The van der Waals surface area contributed by atoms with Gasteiger partial charge < -0.3 is 10.2 Å². The molecule has 1 aliphatic carbocycles. The predicted octanol–water partition coefficient (Wildman–Crippen LogP) is 3.82. The molecule has 0 unspecified atom stereocenters. The SMILES string of the molecule is CCNCC1(CN(C)Cc2ccccc2F)CCCCC1. The largest absolute Gasteiger partial charge is 0.316 e. The second-order valence-electron chi connectivity index (χ2n) is 6.60. The third-order valence-electron chi connectivity index (χ3n) is 4.67. The van der Waals surface area contributed by atoms with Crippen LogP contribution >= 0.6 is 0 Å². The van der Waals surface area contributed by atoms with Gasteiger partial charge in [0.1, 0.15) is 5.82 Å². The Morgan fingerprint density at radius 1 is 1.19 bits per heavy atom. The predicted molar refractivity (Wildman–Crippen MR) is 86.8 cm³/mol. The van der Waals surface area contributed by atoms with E-state index in [4.69, 9.17) is 0 Å². The van der Waals surface area contributed by atoms with E-state index in [1.165, 1.54) is 32.1 Å². The lowest BCUT2D eigenvalue weighted by Crippen LogP contribution is -2.44. The van der Waals surface area contributed by atoms with E-state index >= 15 is 0 Å². The van der Waals surface area contributed by atoms with Gasteiger partial charge in [-0.1, -0.05) is 44.4 Å². The molecule has 0 aliphatic heterocycles. The standard InChI is InChI=1S/C18H29FN2/c1-3-20-14-18(11-7-4-8-12-18)15-21(2)13-16-9-5-6-10-17(16)19/h5-6,9-10,20H,3-4,7-8,11-15H2,1-2H3. The van der Waals surface area contributed by atoms with Crippen molar-refractivity contribution < 1.29 is 4.39 Å². The van der Waals surface area contributed by atoms with Crippen molar-refractivity contribution in [2.45, 2.75) is 45.6 Å². The maximum atomic E-state index is 13.8. The molecule has 0 radical (unpaired) electrons. The summed E-state index contributed by atoms with van der Waals surface area (Å²) >= 11 is 0. The quantitative estimate of drug-likeness (QED) is 0.822. The molecule has 0 amide bonds. The molecule has 0 atom stereocenters. The van der Waals surface area contributed by atoms with Gasteiger partial charge in [-0.05, 0) is 37.9 Å². The van der Waals surface area contributed by atoms with E-state index < -0.39 is 0 Å². The van der Waals surface area contributed by atoms with Crippen molar-refractivity contribution in [1.82, 2.24) is 10.2 Å². The summed E-state index contributed by atoms with van der Waals surface area (Å²) in [7, 11) is 2.12.